The summed E-state index contributed by atoms with van der Waals surface area (Å²) in [6.07, 6.45) is 4.04. The Balaban J connectivity index is 2.34. The van der Waals surface area contributed by atoms with Crippen molar-refractivity contribution in [1.29, 1.82) is 0 Å². The number of rotatable bonds is 2. The van der Waals surface area contributed by atoms with Gasteiger partial charge in [0, 0.05) is 6.61 Å². The van der Waals surface area contributed by atoms with Crippen LogP contribution in [0.15, 0.2) is 11.1 Å². The fraction of sp³-hybridized carbons (Fsp3) is 0.867. The lowest BCUT2D eigenvalue weighted by atomic mass is 9.79. The molecule has 3 N–H and O–H groups in total. The Morgan fingerprint density at radius 1 is 1.28 bits per heavy atom. The summed E-state index contributed by atoms with van der Waals surface area (Å²) in [5.41, 5.74) is 2.31. The first kappa shape index (κ1) is 14.0. The predicted octanol–water partition coefficient (Wildman–Crippen LogP) is 1.86. The third kappa shape index (κ3) is 2.63. The lowest BCUT2D eigenvalue weighted by Crippen LogP contribution is -2.21. The van der Waals surface area contributed by atoms with Crippen LogP contribution >= 0.6 is 0 Å². The Kier molecular flexibility index (Phi) is 4.15. The molecule has 0 heterocycles. The molecule has 0 aliphatic heterocycles. The van der Waals surface area contributed by atoms with Crippen molar-refractivity contribution in [2.24, 2.45) is 17.3 Å². The van der Waals surface area contributed by atoms with E-state index < -0.39 is 0 Å². The van der Waals surface area contributed by atoms with Gasteiger partial charge in [0.05, 0.1) is 12.7 Å². The molecule has 0 aromatic rings. The maximum absolute atomic E-state index is 9.95. The van der Waals surface area contributed by atoms with Gasteiger partial charge in [0.2, 0.25) is 0 Å². The minimum atomic E-state index is -0.316. The third-order valence-corrected chi connectivity index (χ3v) is 4.93. The van der Waals surface area contributed by atoms with Crippen LogP contribution in [0.25, 0.3) is 0 Å². The van der Waals surface area contributed by atoms with Crippen molar-refractivity contribution in [1.82, 2.24) is 0 Å². The molecule has 104 valence electrons. The summed E-state index contributed by atoms with van der Waals surface area (Å²) in [4.78, 5) is 0. The highest BCUT2D eigenvalue weighted by Gasteiger charge is 2.42. The molecule has 1 fully saturated rings. The molecule has 0 amide bonds. The van der Waals surface area contributed by atoms with Crippen molar-refractivity contribution in [3.05, 3.63) is 11.1 Å². The van der Waals surface area contributed by atoms with Gasteiger partial charge in [-0.15, -0.1) is 0 Å². The fourth-order valence-corrected chi connectivity index (χ4v) is 3.71. The maximum atomic E-state index is 9.95. The molecule has 0 bridgehead atoms. The predicted molar refractivity (Wildman–Crippen MR) is 71.1 cm³/mol. The summed E-state index contributed by atoms with van der Waals surface area (Å²) in [6, 6.07) is 0. The van der Waals surface area contributed by atoms with Gasteiger partial charge in [-0.05, 0) is 54.9 Å². The summed E-state index contributed by atoms with van der Waals surface area (Å²) in [5, 5.41) is 29.1. The van der Waals surface area contributed by atoms with Crippen LogP contribution in [0.2, 0.25) is 0 Å². The van der Waals surface area contributed by atoms with Crippen LogP contribution < -0.4 is 0 Å². The molecule has 3 nitrogen and oxygen atoms in total. The number of hydrogen-bond acceptors (Lipinski definition) is 3. The van der Waals surface area contributed by atoms with Crippen LogP contribution in [0, 0.1) is 17.3 Å². The van der Waals surface area contributed by atoms with E-state index in [1.807, 2.05) is 0 Å². The van der Waals surface area contributed by atoms with E-state index in [1.165, 1.54) is 5.57 Å². The zero-order valence-corrected chi connectivity index (χ0v) is 11.5. The van der Waals surface area contributed by atoms with Crippen molar-refractivity contribution in [3.63, 3.8) is 0 Å². The highest BCUT2D eigenvalue weighted by atomic mass is 16.3. The van der Waals surface area contributed by atoms with Crippen LogP contribution in [0.1, 0.15) is 46.0 Å². The molecule has 2 aliphatic rings. The maximum Gasteiger partial charge on any atom is 0.0645 e. The smallest absolute Gasteiger partial charge is 0.0645 e. The molecule has 0 aromatic heterocycles. The quantitative estimate of drug-likeness (QED) is 0.659. The number of aliphatic hydroxyl groups is 3. The summed E-state index contributed by atoms with van der Waals surface area (Å²) in [7, 11) is 0. The molecule has 0 spiro atoms. The monoisotopic (exact) mass is 254 g/mol. The van der Waals surface area contributed by atoms with E-state index in [9.17, 15) is 15.3 Å². The van der Waals surface area contributed by atoms with Crippen LogP contribution in [-0.2, 0) is 0 Å². The average molecular weight is 254 g/mol. The molecule has 0 aromatic carbocycles. The van der Waals surface area contributed by atoms with Gasteiger partial charge in [-0.3, -0.25) is 0 Å². The molecule has 1 saturated carbocycles. The highest BCUT2D eigenvalue weighted by molar-refractivity contribution is 5.26. The second kappa shape index (κ2) is 5.32. The van der Waals surface area contributed by atoms with E-state index in [1.54, 1.807) is 0 Å². The van der Waals surface area contributed by atoms with Crippen molar-refractivity contribution >= 4 is 0 Å². The van der Waals surface area contributed by atoms with E-state index in [0.717, 1.165) is 31.3 Å². The Hall–Kier alpha value is -0.380. The first-order valence-electron chi connectivity index (χ1n) is 7.09. The Bertz CT molecular complexity index is 337. The summed E-state index contributed by atoms with van der Waals surface area (Å²) in [6.45, 7) is 4.63. The zero-order valence-electron chi connectivity index (χ0n) is 11.5. The summed E-state index contributed by atoms with van der Waals surface area (Å²) < 4.78 is 0. The van der Waals surface area contributed by atoms with Crippen molar-refractivity contribution in [2.45, 2.75) is 52.1 Å². The van der Waals surface area contributed by atoms with Crippen LogP contribution in [0.3, 0.4) is 0 Å². The Labute approximate surface area is 110 Å². The third-order valence-electron chi connectivity index (χ3n) is 4.93. The molecule has 3 heteroatoms. The van der Waals surface area contributed by atoms with E-state index in [-0.39, 0.29) is 24.7 Å². The molecule has 4 atom stereocenters. The van der Waals surface area contributed by atoms with Gasteiger partial charge in [0.1, 0.15) is 0 Å². The van der Waals surface area contributed by atoms with E-state index in [4.69, 9.17) is 0 Å². The van der Waals surface area contributed by atoms with Gasteiger partial charge in [0.15, 0.2) is 0 Å². The van der Waals surface area contributed by atoms with Gasteiger partial charge in [-0.1, -0.05) is 19.4 Å². The summed E-state index contributed by atoms with van der Waals surface area (Å²) >= 11 is 0. The molecule has 2 rings (SSSR count). The zero-order chi connectivity index (χ0) is 13.3. The molecular formula is C15H26O3. The average Bonchev–Trinajstić information content (AvgIpc) is 2.70. The Morgan fingerprint density at radius 3 is 2.61 bits per heavy atom. The lowest BCUT2D eigenvalue weighted by Gasteiger charge is -2.28. The van der Waals surface area contributed by atoms with Gasteiger partial charge in [-0.2, -0.15) is 0 Å². The van der Waals surface area contributed by atoms with Crippen LogP contribution in [-0.4, -0.2) is 34.6 Å². The molecule has 0 radical (unpaired) electrons. The van der Waals surface area contributed by atoms with Crippen molar-refractivity contribution in [3.8, 4) is 0 Å². The van der Waals surface area contributed by atoms with Crippen LogP contribution in [0.5, 0.6) is 0 Å². The second-order valence-corrected chi connectivity index (χ2v) is 6.66. The van der Waals surface area contributed by atoms with Gasteiger partial charge in [0.25, 0.3) is 0 Å². The highest BCUT2D eigenvalue weighted by Crippen LogP contribution is 2.51. The first-order valence-corrected chi connectivity index (χ1v) is 7.09. The van der Waals surface area contributed by atoms with Crippen molar-refractivity contribution < 1.29 is 15.3 Å². The SMILES string of the molecule is C[C@@H]1CC[C@@H](O)CC(CO)=C2C[C@@](C)(CO)C[C@@H]21. The minimum absolute atomic E-state index is 0.0377. The van der Waals surface area contributed by atoms with Crippen LogP contribution in [0.4, 0.5) is 0 Å². The fourth-order valence-electron chi connectivity index (χ4n) is 3.71. The molecular weight excluding hydrogens is 228 g/mol. The number of aliphatic hydroxyl groups excluding tert-OH is 3. The molecule has 18 heavy (non-hydrogen) atoms. The number of hydrogen-bond donors (Lipinski definition) is 3. The standard InChI is InChI=1S/C15H26O3/c1-10-3-4-12(18)5-11(8-16)14-7-15(2,9-17)6-13(10)14/h10,12-13,16-18H,3-9H2,1-2H3/t10-,12-,13-,15+/m1/s1. The topological polar surface area (TPSA) is 60.7 Å². The van der Waals surface area contributed by atoms with Gasteiger partial charge < -0.3 is 15.3 Å². The first-order chi connectivity index (χ1) is 8.49. The van der Waals surface area contributed by atoms with Gasteiger partial charge in [-0.25, -0.2) is 0 Å². The second-order valence-electron chi connectivity index (χ2n) is 6.66. The van der Waals surface area contributed by atoms with Gasteiger partial charge >= 0.3 is 0 Å². The van der Waals surface area contributed by atoms with E-state index in [0.29, 0.717) is 18.3 Å². The molecule has 2 aliphatic carbocycles. The largest absolute Gasteiger partial charge is 0.396 e. The number of fused-ring (bicyclic) bond motifs is 1. The minimum Gasteiger partial charge on any atom is -0.396 e. The van der Waals surface area contributed by atoms with E-state index in [2.05, 4.69) is 13.8 Å². The normalized spacial score (nSPS) is 41.5. The summed E-state index contributed by atoms with van der Waals surface area (Å²) in [5.74, 6) is 1.02. The lowest BCUT2D eigenvalue weighted by molar-refractivity contribution is 0.129. The number of allylic oxidation sites excluding steroid dienone is 1. The Morgan fingerprint density at radius 2 is 2.00 bits per heavy atom. The van der Waals surface area contributed by atoms with E-state index >= 15 is 0 Å². The molecule has 0 saturated heterocycles. The van der Waals surface area contributed by atoms with Crippen molar-refractivity contribution in [2.75, 3.05) is 13.2 Å². The molecule has 0 unspecified atom stereocenters.